The number of aryl methyl sites for hydroxylation is 2. The molecule has 0 radical (unpaired) electrons. The van der Waals surface area contributed by atoms with Crippen molar-refractivity contribution in [3.8, 4) is 16.3 Å². The van der Waals surface area contributed by atoms with Crippen molar-refractivity contribution in [1.82, 2.24) is 19.5 Å². The first-order valence-corrected chi connectivity index (χ1v) is 12.4. The smallest absolute Gasteiger partial charge is 0.277 e. The fourth-order valence-corrected chi connectivity index (χ4v) is 4.96. The third kappa shape index (κ3) is 4.90. The van der Waals surface area contributed by atoms with Crippen LogP contribution in [0.3, 0.4) is 0 Å². The van der Waals surface area contributed by atoms with Gasteiger partial charge in [-0.1, -0.05) is 58.9 Å². The lowest BCUT2D eigenvalue weighted by molar-refractivity contribution is -0.138. The quantitative estimate of drug-likeness (QED) is 0.427. The maximum absolute atomic E-state index is 12.9. The second-order valence-corrected chi connectivity index (χ2v) is 9.76. The van der Waals surface area contributed by atoms with Gasteiger partial charge in [-0.2, -0.15) is 9.61 Å². The Morgan fingerprint density at radius 2 is 1.60 bits per heavy atom. The first-order chi connectivity index (χ1) is 16.9. The molecular formula is C26H27N5O3S. The summed E-state index contributed by atoms with van der Waals surface area (Å²) >= 11 is 1.39. The van der Waals surface area contributed by atoms with Gasteiger partial charge < -0.3 is 14.5 Å². The second-order valence-electron chi connectivity index (χ2n) is 8.81. The Bertz CT molecular complexity index is 1400. The molecule has 180 valence electrons. The molecule has 1 atom stereocenters. The fourth-order valence-electron chi connectivity index (χ4n) is 4.06. The molecule has 1 saturated heterocycles. The van der Waals surface area contributed by atoms with Gasteiger partial charge in [0, 0.05) is 37.8 Å². The Hall–Kier alpha value is -3.72. The fraction of sp³-hybridized carbons (Fsp3) is 0.308. The number of nitrogens with zero attached hydrogens (tertiary/aromatic N) is 5. The molecule has 2 aromatic heterocycles. The van der Waals surface area contributed by atoms with Crippen molar-refractivity contribution in [3.63, 3.8) is 0 Å². The van der Waals surface area contributed by atoms with Crippen molar-refractivity contribution in [2.75, 3.05) is 31.1 Å². The van der Waals surface area contributed by atoms with Crippen LogP contribution in [0.1, 0.15) is 18.1 Å². The van der Waals surface area contributed by atoms with Crippen molar-refractivity contribution in [2.45, 2.75) is 26.9 Å². The highest BCUT2D eigenvalue weighted by Crippen LogP contribution is 2.26. The van der Waals surface area contributed by atoms with E-state index in [1.165, 1.54) is 27.5 Å². The molecular weight excluding hydrogens is 462 g/mol. The van der Waals surface area contributed by atoms with Gasteiger partial charge in [0.2, 0.25) is 4.96 Å². The van der Waals surface area contributed by atoms with E-state index in [-0.39, 0.29) is 11.5 Å². The summed E-state index contributed by atoms with van der Waals surface area (Å²) in [6.45, 7) is 8.09. The van der Waals surface area contributed by atoms with Crippen LogP contribution in [-0.2, 0) is 4.79 Å². The summed E-state index contributed by atoms with van der Waals surface area (Å²) in [6, 6.07) is 17.2. The van der Waals surface area contributed by atoms with Gasteiger partial charge in [-0.3, -0.25) is 9.59 Å². The van der Waals surface area contributed by atoms with Crippen molar-refractivity contribution in [1.29, 1.82) is 0 Å². The maximum Gasteiger partial charge on any atom is 0.277 e. The Morgan fingerprint density at radius 3 is 2.26 bits per heavy atom. The number of carbonyl (C=O) groups is 1. The molecule has 0 bridgehead atoms. The average Bonchev–Trinajstić information content (AvgIpc) is 3.30. The number of fused-ring (bicyclic) bond motifs is 1. The zero-order valence-corrected chi connectivity index (χ0v) is 20.8. The molecule has 8 nitrogen and oxygen atoms in total. The summed E-state index contributed by atoms with van der Waals surface area (Å²) in [5.41, 5.74) is 3.06. The monoisotopic (exact) mass is 489 g/mol. The second kappa shape index (κ2) is 9.50. The number of benzene rings is 2. The molecule has 1 aliphatic heterocycles. The molecule has 4 aromatic rings. The number of piperazine rings is 1. The number of hydrogen-bond acceptors (Lipinski definition) is 7. The molecule has 2 aromatic carbocycles. The van der Waals surface area contributed by atoms with E-state index in [0.717, 1.165) is 16.1 Å². The van der Waals surface area contributed by atoms with E-state index < -0.39 is 6.10 Å². The third-order valence-electron chi connectivity index (χ3n) is 6.13. The molecule has 0 saturated carbocycles. The summed E-state index contributed by atoms with van der Waals surface area (Å²) in [5, 5.41) is 5.22. The minimum absolute atomic E-state index is 0.0427. The Labute approximate surface area is 207 Å². The van der Waals surface area contributed by atoms with Crippen LogP contribution in [0.15, 0.2) is 59.4 Å². The van der Waals surface area contributed by atoms with Crippen molar-refractivity contribution < 1.29 is 9.53 Å². The van der Waals surface area contributed by atoms with Crippen LogP contribution in [0, 0.1) is 13.8 Å². The topological polar surface area (TPSA) is 80.0 Å². The van der Waals surface area contributed by atoms with E-state index in [0.29, 0.717) is 42.7 Å². The van der Waals surface area contributed by atoms with Crippen molar-refractivity contribution in [2.24, 2.45) is 0 Å². The SMILES string of the molecule is Cc1ccc(O[C@H](C)C(=O)N2CCN(c3cc(=O)n4nc(-c5ccc(C)cc5)sc4n3)CC2)cc1. The molecule has 35 heavy (non-hydrogen) atoms. The van der Waals surface area contributed by atoms with Gasteiger partial charge in [-0.05, 0) is 32.9 Å². The number of rotatable bonds is 5. The molecule has 0 unspecified atom stereocenters. The normalized spacial score (nSPS) is 14.8. The minimum Gasteiger partial charge on any atom is -0.481 e. The van der Waals surface area contributed by atoms with Crippen LogP contribution in [0.25, 0.3) is 15.5 Å². The van der Waals surface area contributed by atoms with Gasteiger partial charge in [0.1, 0.15) is 16.6 Å². The Kier molecular flexibility index (Phi) is 6.25. The minimum atomic E-state index is -0.569. The lowest BCUT2D eigenvalue weighted by Crippen LogP contribution is -2.52. The summed E-state index contributed by atoms with van der Waals surface area (Å²) < 4.78 is 7.19. The van der Waals surface area contributed by atoms with Gasteiger partial charge in [-0.25, -0.2) is 4.98 Å². The summed E-state index contributed by atoms with van der Waals surface area (Å²) in [6.07, 6.45) is -0.569. The van der Waals surface area contributed by atoms with Gasteiger partial charge in [0.05, 0.1) is 0 Å². The van der Waals surface area contributed by atoms with Gasteiger partial charge in [0.25, 0.3) is 11.5 Å². The molecule has 3 heterocycles. The lowest BCUT2D eigenvalue weighted by atomic mass is 10.2. The molecule has 1 aliphatic rings. The van der Waals surface area contributed by atoms with Crippen LogP contribution in [0.5, 0.6) is 5.75 Å². The average molecular weight is 490 g/mol. The number of ether oxygens (including phenoxy) is 1. The zero-order valence-electron chi connectivity index (χ0n) is 20.0. The highest BCUT2D eigenvalue weighted by atomic mass is 32.1. The van der Waals surface area contributed by atoms with E-state index in [1.807, 2.05) is 72.2 Å². The van der Waals surface area contributed by atoms with E-state index >= 15 is 0 Å². The van der Waals surface area contributed by atoms with Crippen LogP contribution < -0.4 is 15.2 Å². The standard InChI is InChI=1S/C26H27N5O3S/c1-17-4-8-20(9-5-17)24-28-31-23(32)16-22(27-26(31)35-24)29-12-14-30(15-13-29)25(33)19(3)34-21-10-6-18(2)7-11-21/h4-11,16,19H,12-15H2,1-3H3/t19-/m1/s1. The van der Waals surface area contributed by atoms with Gasteiger partial charge in [0.15, 0.2) is 6.10 Å². The first-order valence-electron chi connectivity index (χ1n) is 11.6. The molecule has 1 fully saturated rings. The van der Waals surface area contributed by atoms with Crippen LogP contribution in [-0.4, -0.2) is 57.7 Å². The van der Waals surface area contributed by atoms with Gasteiger partial charge in [-0.15, -0.1) is 0 Å². The Morgan fingerprint density at radius 1 is 0.971 bits per heavy atom. The van der Waals surface area contributed by atoms with Crippen molar-refractivity contribution in [3.05, 3.63) is 76.1 Å². The maximum atomic E-state index is 12.9. The number of amides is 1. The van der Waals surface area contributed by atoms with Gasteiger partial charge >= 0.3 is 0 Å². The number of aromatic nitrogens is 3. The van der Waals surface area contributed by atoms with Crippen LogP contribution in [0.4, 0.5) is 5.82 Å². The molecule has 9 heteroatoms. The predicted molar refractivity (Wildman–Crippen MR) is 137 cm³/mol. The highest BCUT2D eigenvalue weighted by Gasteiger charge is 2.27. The molecule has 1 amide bonds. The third-order valence-corrected chi connectivity index (χ3v) is 7.08. The molecule has 0 spiro atoms. The molecule has 0 N–H and O–H groups in total. The lowest BCUT2D eigenvalue weighted by Gasteiger charge is -2.36. The number of carbonyl (C=O) groups excluding carboxylic acids is 1. The van der Waals surface area contributed by atoms with Crippen molar-refractivity contribution >= 4 is 28.0 Å². The summed E-state index contributed by atoms with van der Waals surface area (Å²) in [7, 11) is 0. The predicted octanol–water partition coefficient (Wildman–Crippen LogP) is 3.55. The summed E-state index contributed by atoms with van der Waals surface area (Å²) in [5.74, 6) is 1.26. The number of hydrogen-bond donors (Lipinski definition) is 0. The largest absolute Gasteiger partial charge is 0.481 e. The van der Waals surface area contributed by atoms with E-state index in [4.69, 9.17) is 9.72 Å². The van der Waals surface area contributed by atoms with E-state index in [9.17, 15) is 9.59 Å². The summed E-state index contributed by atoms with van der Waals surface area (Å²) in [4.78, 5) is 34.8. The molecule has 0 aliphatic carbocycles. The van der Waals surface area contributed by atoms with Crippen LogP contribution in [0.2, 0.25) is 0 Å². The zero-order chi connectivity index (χ0) is 24.5. The van der Waals surface area contributed by atoms with E-state index in [1.54, 1.807) is 6.92 Å². The highest BCUT2D eigenvalue weighted by molar-refractivity contribution is 7.19. The van der Waals surface area contributed by atoms with Crippen LogP contribution >= 0.6 is 11.3 Å². The number of anilines is 1. The first kappa shape index (κ1) is 23.0. The molecule has 5 rings (SSSR count). The Balaban J connectivity index is 1.26. The van der Waals surface area contributed by atoms with E-state index in [2.05, 4.69) is 5.10 Å².